The molecule has 2 aliphatic heterocycles. The van der Waals surface area contributed by atoms with Crippen molar-refractivity contribution in [3.05, 3.63) is 30.1 Å². The minimum atomic E-state index is -3.43. The summed E-state index contributed by atoms with van der Waals surface area (Å²) in [5, 5.41) is 0.951. The summed E-state index contributed by atoms with van der Waals surface area (Å²) in [6, 6.07) is 3.99. The maximum atomic E-state index is 12.4. The second-order valence-corrected chi connectivity index (χ2v) is 9.38. The maximum Gasteiger partial charge on any atom is 0.233 e. The highest BCUT2D eigenvalue weighted by Gasteiger charge is 2.33. The van der Waals surface area contributed by atoms with E-state index in [-0.39, 0.29) is 6.04 Å². The summed E-state index contributed by atoms with van der Waals surface area (Å²) in [5.41, 5.74) is 3.32. The molecule has 0 radical (unpaired) electrons. The van der Waals surface area contributed by atoms with Crippen molar-refractivity contribution in [3.63, 3.8) is 0 Å². The number of pyridine rings is 1. The van der Waals surface area contributed by atoms with Crippen molar-refractivity contribution in [1.82, 2.24) is 19.9 Å². The zero-order valence-electron chi connectivity index (χ0n) is 16.3. The Morgan fingerprint density at radius 3 is 2.90 bits per heavy atom. The van der Waals surface area contributed by atoms with Crippen LogP contribution in [0.4, 0.5) is 11.8 Å². The standard InChI is InChI=1S/C19H22N6O3S/c1-12-11-28-10-9-24(12)19-22-16(13-3-6-20-17-14(13)4-7-21-17)15-5-8-25(18(15)23-19)29(2,26)27/h3-4,6-7,12H,5,8-11H2,1-2H3,(H,20,21). The number of fused-ring (bicyclic) bond motifs is 2. The lowest BCUT2D eigenvalue weighted by Crippen LogP contribution is -2.44. The SMILES string of the molecule is CC1COCCN1c1nc(-c2ccnc3[nH]ccc23)c2c(n1)N(S(C)(=O)=O)CC2. The van der Waals surface area contributed by atoms with E-state index in [9.17, 15) is 8.42 Å². The smallest absolute Gasteiger partial charge is 0.233 e. The summed E-state index contributed by atoms with van der Waals surface area (Å²) in [7, 11) is -3.43. The number of nitrogens with zero attached hydrogens (tertiary/aromatic N) is 5. The number of H-pyrrole nitrogens is 1. The molecule has 152 valence electrons. The first-order valence-electron chi connectivity index (χ1n) is 9.59. The Morgan fingerprint density at radius 2 is 2.10 bits per heavy atom. The quantitative estimate of drug-likeness (QED) is 0.694. The van der Waals surface area contributed by atoms with Gasteiger partial charge in [0.25, 0.3) is 0 Å². The zero-order chi connectivity index (χ0) is 20.2. The predicted molar refractivity (Wildman–Crippen MR) is 111 cm³/mol. The number of morpholine rings is 1. The van der Waals surface area contributed by atoms with Gasteiger partial charge in [0, 0.05) is 42.0 Å². The van der Waals surface area contributed by atoms with Gasteiger partial charge in [-0.15, -0.1) is 0 Å². The molecular formula is C19H22N6O3S. The zero-order valence-corrected chi connectivity index (χ0v) is 17.1. The van der Waals surface area contributed by atoms with Crippen molar-refractivity contribution in [1.29, 1.82) is 0 Å². The Hall–Kier alpha value is -2.72. The lowest BCUT2D eigenvalue weighted by atomic mass is 10.0. The van der Waals surface area contributed by atoms with Gasteiger partial charge in [-0.2, -0.15) is 4.98 Å². The van der Waals surface area contributed by atoms with E-state index in [0.717, 1.165) is 27.9 Å². The van der Waals surface area contributed by atoms with Crippen LogP contribution in [0, 0.1) is 0 Å². The van der Waals surface area contributed by atoms with Crippen LogP contribution in [0.2, 0.25) is 0 Å². The van der Waals surface area contributed by atoms with E-state index in [1.54, 1.807) is 6.20 Å². The van der Waals surface area contributed by atoms with Crippen LogP contribution in [0.5, 0.6) is 0 Å². The highest BCUT2D eigenvalue weighted by molar-refractivity contribution is 7.92. The Kier molecular flexibility index (Phi) is 4.21. The van der Waals surface area contributed by atoms with Gasteiger partial charge in [-0.1, -0.05) is 0 Å². The van der Waals surface area contributed by atoms with Crippen LogP contribution < -0.4 is 9.21 Å². The van der Waals surface area contributed by atoms with E-state index in [0.29, 0.717) is 44.5 Å². The average molecular weight is 414 g/mol. The number of aromatic amines is 1. The van der Waals surface area contributed by atoms with E-state index in [1.165, 1.54) is 10.6 Å². The summed E-state index contributed by atoms with van der Waals surface area (Å²) < 4.78 is 31.7. The highest BCUT2D eigenvalue weighted by Crippen LogP contribution is 2.38. The molecule has 0 spiro atoms. The Bertz CT molecular complexity index is 1190. The fourth-order valence-electron chi connectivity index (χ4n) is 4.08. The van der Waals surface area contributed by atoms with E-state index < -0.39 is 10.0 Å². The molecule has 10 heteroatoms. The molecule has 0 aliphatic carbocycles. The van der Waals surface area contributed by atoms with Gasteiger partial charge in [-0.05, 0) is 25.5 Å². The van der Waals surface area contributed by atoms with Crippen LogP contribution >= 0.6 is 0 Å². The fourth-order valence-corrected chi connectivity index (χ4v) is 4.97. The highest BCUT2D eigenvalue weighted by atomic mass is 32.2. The number of nitrogens with one attached hydrogen (secondary N) is 1. The molecular weight excluding hydrogens is 392 g/mol. The van der Waals surface area contributed by atoms with Gasteiger partial charge in [0.1, 0.15) is 5.65 Å². The molecule has 0 aromatic carbocycles. The van der Waals surface area contributed by atoms with Crippen molar-refractivity contribution in [2.24, 2.45) is 0 Å². The normalized spacial score (nSPS) is 19.7. The minimum Gasteiger partial charge on any atom is -0.377 e. The number of hydrogen-bond donors (Lipinski definition) is 1. The molecule has 1 fully saturated rings. The summed E-state index contributed by atoms with van der Waals surface area (Å²) in [6.45, 7) is 4.27. The Morgan fingerprint density at radius 1 is 1.24 bits per heavy atom. The van der Waals surface area contributed by atoms with Gasteiger partial charge in [0.05, 0.1) is 31.2 Å². The van der Waals surface area contributed by atoms with Crippen molar-refractivity contribution in [3.8, 4) is 11.3 Å². The third kappa shape index (κ3) is 3.03. The van der Waals surface area contributed by atoms with Crippen LogP contribution in [0.3, 0.4) is 0 Å². The van der Waals surface area contributed by atoms with Gasteiger partial charge in [-0.3, -0.25) is 4.31 Å². The van der Waals surface area contributed by atoms with Crippen molar-refractivity contribution >= 4 is 32.8 Å². The number of rotatable bonds is 3. The average Bonchev–Trinajstić information content (AvgIpc) is 3.34. The molecule has 1 atom stereocenters. The van der Waals surface area contributed by atoms with Gasteiger partial charge in [0.2, 0.25) is 16.0 Å². The number of ether oxygens (including phenoxy) is 1. The first-order valence-corrected chi connectivity index (χ1v) is 11.4. The maximum absolute atomic E-state index is 12.4. The fraction of sp³-hybridized carbons (Fsp3) is 0.421. The minimum absolute atomic E-state index is 0.104. The second-order valence-electron chi connectivity index (χ2n) is 7.48. The van der Waals surface area contributed by atoms with Crippen molar-refractivity contribution in [2.75, 3.05) is 41.8 Å². The van der Waals surface area contributed by atoms with Crippen LogP contribution in [0.25, 0.3) is 22.3 Å². The number of anilines is 2. The number of hydrogen-bond acceptors (Lipinski definition) is 7. The first kappa shape index (κ1) is 18.3. The van der Waals surface area contributed by atoms with E-state index in [4.69, 9.17) is 14.7 Å². The monoisotopic (exact) mass is 414 g/mol. The van der Waals surface area contributed by atoms with Crippen LogP contribution in [-0.2, 0) is 21.2 Å². The molecule has 0 amide bonds. The molecule has 1 saturated heterocycles. The van der Waals surface area contributed by atoms with Crippen LogP contribution in [0.1, 0.15) is 12.5 Å². The van der Waals surface area contributed by atoms with E-state index in [2.05, 4.69) is 21.8 Å². The topological polar surface area (TPSA) is 104 Å². The lowest BCUT2D eigenvalue weighted by Gasteiger charge is -2.34. The summed E-state index contributed by atoms with van der Waals surface area (Å²) in [4.78, 5) is 19.2. The van der Waals surface area contributed by atoms with E-state index in [1.807, 2.05) is 18.3 Å². The molecule has 1 N–H and O–H groups in total. The molecule has 3 aromatic rings. The van der Waals surface area contributed by atoms with E-state index >= 15 is 0 Å². The summed E-state index contributed by atoms with van der Waals surface area (Å²) in [5.74, 6) is 1.01. The predicted octanol–water partition coefficient (Wildman–Crippen LogP) is 1.57. The molecule has 0 saturated carbocycles. The third-order valence-electron chi connectivity index (χ3n) is 5.51. The van der Waals surface area contributed by atoms with Gasteiger partial charge < -0.3 is 14.6 Å². The van der Waals surface area contributed by atoms with Gasteiger partial charge >= 0.3 is 0 Å². The van der Waals surface area contributed by atoms with Gasteiger partial charge in [-0.25, -0.2) is 18.4 Å². The summed E-state index contributed by atoms with van der Waals surface area (Å²) in [6.07, 6.45) is 5.38. The lowest BCUT2D eigenvalue weighted by molar-refractivity contribution is 0.0981. The third-order valence-corrected chi connectivity index (χ3v) is 6.67. The molecule has 5 rings (SSSR count). The van der Waals surface area contributed by atoms with Gasteiger partial charge in [0.15, 0.2) is 5.82 Å². The largest absolute Gasteiger partial charge is 0.377 e. The molecule has 9 nitrogen and oxygen atoms in total. The first-order chi connectivity index (χ1) is 13.9. The van der Waals surface area contributed by atoms with Crippen LogP contribution in [0.15, 0.2) is 24.5 Å². The second kappa shape index (κ2) is 6.67. The Balaban J connectivity index is 1.75. The molecule has 5 heterocycles. The number of sulfonamides is 1. The molecule has 0 bridgehead atoms. The van der Waals surface area contributed by atoms with Crippen LogP contribution in [-0.4, -0.2) is 67.0 Å². The molecule has 29 heavy (non-hydrogen) atoms. The summed E-state index contributed by atoms with van der Waals surface area (Å²) >= 11 is 0. The van der Waals surface area contributed by atoms with Crippen molar-refractivity contribution < 1.29 is 13.2 Å². The molecule has 3 aromatic heterocycles. The van der Waals surface area contributed by atoms with Crippen molar-refractivity contribution in [2.45, 2.75) is 19.4 Å². The molecule has 1 unspecified atom stereocenters. The Labute approximate surface area is 168 Å². The number of aromatic nitrogens is 4. The molecule has 2 aliphatic rings.